The van der Waals surface area contributed by atoms with Gasteiger partial charge < -0.3 is 9.64 Å². The van der Waals surface area contributed by atoms with E-state index in [9.17, 15) is 4.79 Å². The van der Waals surface area contributed by atoms with Crippen LogP contribution in [0.3, 0.4) is 0 Å². The van der Waals surface area contributed by atoms with Crippen LogP contribution in [0.25, 0.3) is 0 Å². The summed E-state index contributed by atoms with van der Waals surface area (Å²) in [5.74, 6) is 0. The molecule has 0 N–H and O–H groups in total. The first-order chi connectivity index (χ1) is 9.35. The first-order valence-electron chi connectivity index (χ1n) is 7.00. The lowest BCUT2D eigenvalue weighted by Gasteiger charge is -2.35. The van der Waals surface area contributed by atoms with Crippen LogP contribution >= 0.6 is 0 Å². The number of carbonyl (C=O) groups excluding carboxylic acids is 1. The van der Waals surface area contributed by atoms with E-state index in [0.29, 0.717) is 13.1 Å². The van der Waals surface area contributed by atoms with Gasteiger partial charge in [-0.05, 0) is 26.3 Å². The van der Waals surface area contributed by atoms with Gasteiger partial charge in [0.1, 0.15) is 5.60 Å². The van der Waals surface area contributed by atoms with Crippen molar-refractivity contribution in [2.24, 2.45) is 0 Å². The molecule has 1 amide bonds. The third-order valence-electron chi connectivity index (χ3n) is 3.02. The summed E-state index contributed by atoms with van der Waals surface area (Å²) in [6.07, 6.45) is 5.37. The number of amides is 1. The van der Waals surface area contributed by atoms with Crippen molar-refractivity contribution in [1.29, 1.82) is 0 Å². The van der Waals surface area contributed by atoms with Crippen molar-refractivity contribution < 1.29 is 9.53 Å². The van der Waals surface area contributed by atoms with Crippen molar-refractivity contribution in [1.82, 2.24) is 9.80 Å². The molecule has 1 aliphatic rings. The fourth-order valence-corrected chi connectivity index (χ4v) is 2.01. The summed E-state index contributed by atoms with van der Waals surface area (Å²) >= 11 is 0. The van der Waals surface area contributed by atoms with E-state index in [1.54, 1.807) is 11.0 Å². The molecule has 0 aromatic heterocycles. The summed E-state index contributed by atoms with van der Waals surface area (Å²) in [5, 5.41) is 0. The molecule has 0 unspecified atom stereocenters. The van der Waals surface area contributed by atoms with Crippen LogP contribution < -0.4 is 0 Å². The molecule has 4 nitrogen and oxygen atoms in total. The molecular formula is C16H26N2O2. The van der Waals surface area contributed by atoms with E-state index in [4.69, 9.17) is 4.74 Å². The Balaban J connectivity index is 2.44. The first kappa shape index (κ1) is 16.5. The smallest absolute Gasteiger partial charge is 0.410 e. The minimum absolute atomic E-state index is 0.220. The standard InChI is InChI=1S/C16H26N2O2/c1-6-8-14(7-2)13-17-9-11-18(12-10-17)15(19)20-16(3,4)5/h6-8H,1-2,9-13H2,3-5H3/b14-8+. The van der Waals surface area contributed by atoms with Crippen LogP contribution in [0.15, 0.2) is 37.0 Å². The van der Waals surface area contributed by atoms with Crippen LogP contribution in [0, 0.1) is 0 Å². The second-order valence-electron chi connectivity index (χ2n) is 5.92. The Kier molecular flexibility index (Phi) is 6.02. The normalized spacial score (nSPS) is 17.8. The van der Waals surface area contributed by atoms with Crippen LogP contribution in [0.4, 0.5) is 4.79 Å². The highest BCUT2D eigenvalue weighted by Crippen LogP contribution is 2.12. The summed E-state index contributed by atoms with van der Waals surface area (Å²) in [6.45, 7) is 17.1. The second kappa shape index (κ2) is 7.29. The summed E-state index contributed by atoms with van der Waals surface area (Å²) < 4.78 is 5.38. The topological polar surface area (TPSA) is 32.8 Å². The number of piperazine rings is 1. The van der Waals surface area contributed by atoms with Crippen molar-refractivity contribution >= 4 is 6.09 Å². The van der Waals surface area contributed by atoms with E-state index >= 15 is 0 Å². The van der Waals surface area contributed by atoms with Gasteiger partial charge in [0.05, 0.1) is 0 Å². The zero-order valence-corrected chi connectivity index (χ0v) is 12.9. The highest BCUT2D eigenvalue weighted by atomic mass is 16.6. The molecule has 1 fully saturated rings. The molecule has 20 heavy (non-hydrogen) atoms. The van der Waals surface area contributed by atoms with Crippen molar-refractivity contribution in [3.05, 3.63) is 37.0 Å². The van der Waals surface area contributed by atoms with E-state index in [1.165, 1.54) is 0 Å². The van der Waals surface area contributed by atoms with Gasteiger partial charge in [0.2, 0.25) is 0 Å². The fraction of sp³-hybridized carbons (Fsp3) is 0.562. The average molecular weight is 278 g/mol. The molecule has 112 valence electrons. The maximum Gasteiger partial charge on any atom is 0.410 e. The molecule has 1 aliphatic heterocycles. The van der Waals surface area contributed by atoms with Gasteiger partial charge >= 0.3 is 6.09 Å². The Morgan fingerprint density at radius 2 is 1.80 bits per heavy atom. The molecule has 4 heteroatoms. The Labute approximate surface area is 122 Å². The summed E-state index contributed by atoms with van der Waals surface area (Å²) in [7, 11) is 0. The van der Waals surface area contributed by atoms with Gasteiger partial charge in [-0.15, -0.1) is 0 Å². The maximum absolute atomic E-state index is 11.9. The lowest BCUT2D eigenvalue weighted by atomic mass is 10.2. The predicted octanol–water partition coefficient (Wildman–Crippen LogP) is 2.84. The SMILES string of the molecule is C=C/C=C(\C=C)CN1CCN(C(=O)OC(C)(C)C)CC1. The number of ether oxygens (including phenoxy) is 1. The van der Waals surface area contributed by atoms with E-state index in [1.807, 2.05) is 32.9 Å². The van der Waals surface area contributed by atoms with Crippen molar-refractivity contribution in [3.63, 3.8) is 0 Å². The monoisotopic (exact) mass is 278 g/mol. The molecule has 0 spiro atoms. The molecule has 0 bridgehead atoms. The van der Waals surface area contributed by atoms with Gasteiger partial charge in [-0.2, -0.15) is 0 Å². The zero-order chi connectivity index (χ0) is 15.2. The third-order valence-corrected chi connectivity index (χ3v) is 3.02. The molecule has 0 aromatic carbocycles. The number of allylic oxidation sites excluding steroid dienone is 2. The molecule has 0 radical (unpaired) electrons. The Bertz CT molecular complexity index is 386. The van der Waals surface area contributed by atoms with Crippen molar-refractivity contribution in [2.45, 2.75) is 26.4 Å². The molecular weight excluding hydrogens is 252 g/mol. The Hall–Kier alpha value is -1.55. The van der Waals surface area contributed by atoms with Crippen LogP contribution in [0.5, 0.6) is 0 Å². The predicted molar refractivity (Wildman–Crippen MR) is 82.7 cm³/mol. The maximum atomic E-state index is 11.9. The second-order valence-corrected chi connectivity index (χ2v) is 5.92. The summed E-state index contributed by atoms with van der Waals surface area (Å²) in [5.41, 5.74) is 0.711. The van der Waals surface area contributed by atoms with E-state index in [2.05, 4.69) is 18.1 Å². The van der Waals surface area contributed by atoms with E-state index < -0.39 is 5.60 Å². The van der Waals surface area contributed by atoms with Crippen LogP contribution in [-0.2, 0) is 4.74 Å². The van der Waals surface area contributed by atoms with Gasteiger partial charge in [0.25, 0.3) is 0 Å². The number of nitrogens with zero attached hydrogens (tertiary/aromatic N) is 2. The van der Waals surface area contributed by atoms with Crippen LogP contribution in [-0.4, -0.2) is 54.2 Å². The van der Waals surface area contributed by atoms with Gasteiger partial charge in [-0.25, -0.2) is 4.79 Å². The first-order valence-corrected chi connectivity index (χ1v) is 7.00. The Morgan fingerprint density at radius 3 is 2.25 bits per heavy atom. The molecule has 0 aliphatic carbocycles. The fourth-order valence-electron chi connectivity index (χ4n) is 2.01. The molecule has 1 rings (SSSR count). The van der Waals surface area contributed by atoms with E-state index in [-0.39, 0.29) is 6.09 Å². The Morgan fingerprint density at radius 1 is 1.20 bits per heavy atom. The molecule has 0 atom stereocenters. The van der Waals surface area contributed by atoms with E-state index in [0.717, 1.165) is 25.2 Å². The molecule has 1 saturated heterocycles. The lowest BCUT2D eigenvalue weighted by Crippen LogP contribution is -2.50. The van der Waals surface area contributed by atoms with Crippen molar-refractivity contribution in [2.75, 3.05) is 32.7 Å². The summed E-state index contributed by atoms with van der Waals surface area (Å²) in [6, 6.07) is 0. The summed E-state index contributed by atoms with van der Waals surface area (Å²) in [4.78, 5) is 16.0. The molecule has 0 aromatic rings. The number of rotatable bonds is 4. The van der Waals surface area contributed by atoms with Crippen LogP contribution in [0.2, 0.25) is 0 Å². The van der Waals surface area contributed by atoms with Gasteiger partial charge in [-0.3, -0.25) is 4.90 Å². The van der Waals surface area contributed by atoms with Gasteiger partial charge in [0.15, 0.2) is 0 Å². The van der Waals surface area contributed by atoms with Crippen LogP contribution in [0.1, 0.15) is 20.8 Å². The average Bonchev–Trinajstić information content (AvgIpc) is 2.37. The number of carbonyl (C=O) groups is 1. The lowest BCUT2D eigenvalue weighted by molar-refractivity contribution is 0.0153. The minimum atomic E-state index is -0.434. The highest BCUT2D eigenvalue weighted by Gasteiger charge is 2.25. The zero-order valence-electron chi connectivity index (χ0n) is 12.9. The number of hydrogen-bond donors (Lipinski definition) is 0. The third kappa shape index (κ3) is 5.61. The van der Waals surface area contributed by atoms with Gasteiger partial charge in [0, 0.05) is 32.7 Å². The largest absolute Gasteiger partial charge is 0.444 e. The highest BCUT2D eigenvalue weighted by molar-refractivity contribution is 5.68. The number of hydrogen-bond acceptors (Lipinski definition) is 3. The van der Waals surface area contributed by atoms with Gasteiger partial charge in [-0.1, -0.05) is 31.4 Å². The molecule has 1 heterocycles. The molecule has 0 saturated carbocycles. The minimum Gasteiger partial charge on any atom is -0.444 e. The van der Waals surface area contributed by atoms with Crippen molar-refractivity contribution in [3.8, 4) is 0 Å². The quantitative estimate of drug-likeness (QED) is 0.741.